The Kier molecular flexibility index (Phi) is 6.95. The van der Waals surface area contributed by atoms with Crippen molar-refractivity contribution >= 4 is 38.9 Å². The highest BCUT2D eigenvalue weighted by Crippen LogP contribution is 2.32. The first-order chi connectivity index (χ1) is 15.3. The number of rotatable bonds is 9. The molecule has 11 nitrogen and oxygen atoms in total. The lowest BCUT2D eigenvalue weighted by molar-refractivity contribution is -0.383. The average Bonchev–Trinajstić information content (AvgIpc) is 2.76. The highest BCUT2D eigenvalue weighted by atomic mass is 32.2. The summed E-state index contributed by atoms with van der Waals surface area (Å²) in [6.07, 6.45) is 2.81. The molecule has 32 heavy (non-hydrogen) atoms. The van der Waals surface area contributed by atoms with E-state index in [1.54, 1.807) is 26.1 Å². The van der Waals surface area contributed by atoms with Crippen LogP contribution >= 0.6 is 0 Å². The van der Waals surface area contributed by atoms with Gasteiger partial charge in [0.1, 0.15) is 12.1 Å². The fourth-order valence-corrected chi connectivity index (χ4v) is 4.42. The third-order valence-electron chi connectivity index (χ3n) is 4.62. The number of nitrogens with zero attached hydrogens (tertiary/aromatic N) is 5. The lowest BCUT2D eigenvalue weighted by Gasteiger charge is -2.18. The van der Waals surface area contributed by atoms with Gasteiger partial charge >= 0.3 is 5.69 Å². The number of hydrogen-bond acceptors (Lipinski definition) is 9. The molecule has 0 saturated carbocycles. The second-order valence-corrected chi connectivity index (χ2v) is 8.70. The number of sulfonamides is 1. The van der Waals surface area contributed by atoms with Crippen LogP contribution in [0, 0.1) is 17.0 Å². The normalized spacial score (nSPS) is 11.4. The van der Waals surface area contributed by atoms with Crippen LogP contribution < -0.4 is 10.6 Å². The van der Waals surface area contributed by atoms with E-state index in [-0.39, 0.29) is 22.2 Å². The fraction of sp³-hybridized carbons (Fsp3) is 0.250. The minimum atomic E-state index is -3.60. The van der Waals surface area contributed by atoms with Gasteiger partial charge in [0.15, 0.2) is 0 Å². The molecule has 2 N–H and O–H groups in total. The minimum absolute atomic E-state index is 0.0235. The summed E-state index contributed by atoms with van der Waals surface area (Å²) in [5.74, 6) is 0.331. The number of pyridine rings is 1. The molecule has 0 aliphatic carbocycles. The van der Waals surface area contributed by atoms with Crippen molar-refractivity contribution < 1.29 is 13.3 Å². The van der Waals surface area contributed by atoms with E-state index in [4.69, 9.17) is 0 Å². The summed E-state index contributed by atoms with van der Waals surface area (Å²) in [5, 5.41) is 17.4. The Hall–Kier alpha value is -3.64. The molecule has 2 aromatic heterocycles. The van der Waals surface area contributed by atoms with Gasteiger partial charge in [-0.15, -0.1) is 0 Å². The second kappa shape index (κ2) is 9.66. The van der Waals surface area contributed by atoms with Crippen LogP contribution in [-0.4, -0.2) is 45.7 Å². The van der Waals surface area contributed by atoms with Gasteiger partial charge in [0.25, 0.3) is 0 Å². The van der Waals surface area contributed by atoms with Crippen molar-refractivity contribution in [2.45, 2.75) is 25.7 Å². The number of nitro groups is 1. The first-order valence-corrected chi connectivity index (χ1v) is 11.3. The van der Waals surface area contributed by atoms with Crippen LogP contribution in [0.15, 0.2) is 53.8 Å². The van der Waals surface area contributed by atoms with Gasteiger partial charge in [0.2, 0.25) is 21.7 Å². The molecule has 0 aliphatic heterocycles. The van der Waals surface area contributed by atoms with Crippen LogP contribution in [-0.2, 0) is 10.0 Å². The Balaban J connectivity index is 1.89. The predicted molar refractivity (Wildman–Crippen MR) is 121 cm³/mol. The van der Waals surface area contributed by atoms with Crippen molar-refractivity contribution in [2.75, 3.05) is 23.7 Å². The molecule has 0 atom stereocenters. The van der Waals surface area contributed by atoms with Crippen LogP contribution in [0.1, 0.15) is 19.4 Å². The largest absolute Gasteiger partial charge is 0.353 e. The molecule has 2 heterocycles. The van der Waals surface area contributed by atoms with E-state index >= 15 is 0 Å². The lowest BCUT2D eigenvalue weighted by Crippen LogP contribution is -2.30. The predicted octanol–water partition coefficient (Wildman–Crippen LogP) is 3.61. The summed E-state index contributed by atoms with van der Waals surface area (Å²) >= 11 is 0. The molecular formula is C20H23N7O4S. The summed E-state index contributed by atoms with van der Waals surface area (Å²) < 4.78 is 26.6. The SMILES string of the molecule is CCN(CC)S(=O)(=O)c1ccc(Nc2ncnc(Nc3ccc(C)cn3)c2[N+](=O)[O-])cc1. The molecule has 0 fully saturated rings. The lowest BCUT2D eigenvalue weighted by atomic mass is 10.3. The second-order valence-electron chi connectivity index (χ2n) is 6.76. The van der Waals surface area contributed by atoms with E-state index in [1.807, 2.05) is 13.0 Å². The quantitative estimate of drug-likeness (QED) is 0.364. The zero-order valence-corrected chi connectivity index (χ0v) is 18.6. The fourth-order valence-electron chi connectivity index (χ4n) is 2.96. The smallest absolute Gasteiger partial charge is 0.334 e. The van der Waals surface area contributed by atoms with Gasteiger partial charge < -0.3 is 10.6 Å². The van der Waals surface area contributed by atoms with Crippen LogP contribution in [0.25, 0.3) is 0 Å². The number of aromatic nitrogens is 3. The van der Waals surface area contributed by atoms with Gasteiger partial charge in [-0.3, -0.25) is 10.1 Å². The zero-order valence-electron chi connectivity index (χ0n) is 17.8. The van der Waals surface area contributed by atoms with E-state index in [2.05, 4.69) is 25.6 Å². The van der Waals surface area contributed by atoms with Crippen molar-refractivity contribution in [3.8, 4) is 0 Å². The number of anilines is 4. The Morgan fingerprint density at radius 1 is 0.969 bits per heavy atom. The first kappa shape index (κ1) is 23.0. The third-order valence-corrected chi connectivity index (χ3v) is 6.69. The standard InChI is InChI=1S/C20H23N7O4S/c1-4-26(5-2)32(30,31)16-9-7-15(8-10-16)24-19-18(27(28)29)20(23-13-22-19)25-17-11-6-14(3)12-21-17/h6-13H,4-5H2,1-3H3,(H2,21,22,23,24,25). The number of nitrogens with one attached hydrogen (secondary N) is 2. The summed E-state index contributed by atoms with van der Waals surface area (Å²) in [4.78, 5) is 23.4. The summed E-state index contributed by atoms with van der Waals surface area (Å²) in [6.45, 7) is 6.13. The maximum Gasteiger partial charge on any atom is 0.353 e. The van der Waals surface area contributed by atoms with Gasteiger partial charge in [-0.2, -0.15) is 4.31 Å². The molecule has 0 amide bonds. The van der Waals surface area contributed by atoms with Gasteiger partial charge in [-0.25, -0.2) is 23.4 Å². The zero-order chi connectivity index (χ0) is 23.3. The Morgan fingerprint density at radius 2 is 1.59 bits per heavy atom. The third kappa shape index (κ3) is 4.98. The van der Waals surface area contributed by atoms with E-state index in [1.165, 1.54) is 34.9 Å². The van der Waals surface area contributed by atoms with Crippen molar-refractivity contribution in [2.24, 2.45) is 0 Å². The highest BCUT2D eigenvalue weighted by Gasteiger charge is 2.24. The molecular weight excluding hydrogens is 434 g/mol. The molecule has 3 rings (SSSR count). The van der Waals surface area contributed by atoms with E-state index in [0.717, 1.165) is 5.56 Å². The topological polar surface area (TPSA) is 143 Å². The van der Waals surface area contributed by atoms with E-state index < -0.39 is 14.9 Å². The maximum atomic E-state index is 12.6. The van der Waals surface area contributed by atoms with Gasteiger partial charge in [0, 0.05) is 25.0 Å². The Morgan fingerprint density at radius 3 is 2.12 bits per heavy atom. The van der Waals surface area contributed by atoms with Crippen molar-refractivity contribution in [1.29, 1.82) is 0 Å². The minimum Gasteiger partial charge on any atom is -0.334 e. The van der Waals surface area contributed by atoms with E-state index in [9.17, 15) is 18.5 Å². The van der Waals surface area contributed by atoms with E-state index in [0.29, 0.717) is 24.6 Å². The number of benzene rings is 1. The van der Waals surface area contributed by atoms with Gasteiger partial charge in [-0.05, 0) is 42.8 Å². The monoisotopic (exact) mass is 457 g/mol. The molecule has 0 aliphatic rings. The molecule has 168 valence electrons. The van der Waals surface area contributed by atoms with Crippen LogP contribution in [0.5, 0.6) is 0 Å². The molecule has 0 saturated heterocycles. The molecule has 0 bridgehead atoms. The molecule has 12 heteroatoms. The van der Waals surface area contributed by atoms with Crippen LogP contribution in [0.3, 0.4) is 0 Å². The molecule has 0 spiro atoms. The number of hydrogen-bond donors (Lipinski definition) is 2. The highest BCUT2D eigenvalue weighted by molar-refractivity contribution is 7.89. The van der Waals surface area contributed by atoms with Crippen molar-refractivity contribution in [3.05, 3.63) is 64.6 Å². The summed E-state index contributed by atoms with van der Waals surface area (Å²) in [5.41, 5.74) is 1.01. The van der Waals surface area contributed by atoms with Crippen molar-refractivity contribution in [1.82, 2.24) is 19.3 Å². The maximum absolute atomic E-state index is 12.6. The Bertz CT molecular complexity index is 1200. The Labute approximate surface area is 185 Å². The number of aryl methyl sites for hydroxylation is 1. The van der Waals surface area contributed by atoms with Crippen molar-refractivity contribution in [3.63, 3.8) is 0 Å². The first-order valence-electron chi connectivity index (χ1n) is 9.82. The van der Waals surface area contributed by atoms with Gasteiger partial charge in [0.05, 0.1) is 9.82 Å². The molecule has 1 aromatic carbocycles. The molecule has 3 aromatic rings. The molecule has 0 radical (unpaired) electrons. The van der Waals surface area contributed by atoms with Crippen LogP contribution in [0.2, 0.25) is 0 Å². The van der Waals surface area contributed by atoms with Crippen LogP contribution in [0.4, 0.5) is 28.8 Å². The van der Waals surface area contributed by atoms with Gasteiger partial charge in [-0.1, -0.05) is 19.9 Å². The summed E-state index contributed by atoms with van der Waals surface area (Å²) in [7, 11) is -3.60. The summed E-state index contributed by atoms with van der Waals surface area (Å²) in [6, 6.07) is 9.43. The average molecular weight is 458 g/mol. The molecule has 0 unspecified atom stereocenters.